The Kier molecular flexibility index (Phi) is 6.82. The first-order chi connectivity index (χ1) is 30.8. The SMILES string of the molecule is c1ccc(-c2cc3cccc(-c4ccc(-n5c6cc7c(cc6c6cc8ccccc8cc65)-c5ccccc5C75c6ccccc6-c6ccccc65)cc4)c3c3ccccc23)cc1. The van der Waals surface area contributed by atoms with Crippen LogP contribution in [0.5, 0.6) is 0 Å². The molecule has 11 aromatic carbocycles. The molecule has 0 amide bonds. The summed E-state index contributed by atoms with van der Waals surface area (Å²) in [5, 5.41) is 10.1. The first kappa shape index (κ1) is 33.8. The highest BCUT2D eigenvalue weighted by Gasteiger charge is 2.51. The average molecular weight is 784 g/mol. The van der Waals surface area contributed by atoms with Crippen LogP contribution >= 0.6 is 0 Å². The van der Waals surface area contributed by atoms with E-state index in [2.05, 4.69) is 229 Å². The van der Waals surface area contributed by atoms with E-state index in [1.54, 1.807) is 0 Å². The van der Waals surface area contributed by atoms with Crippen LogP contribution in [0, 0.1) is 0 Å². The van der Waals surface area contributed by atoms with E-state index < -0.39 is 5.41 Å². The maximum atomic E-state index is 2.54. The van der Waals surface area contributed by atoms with Gasteiger partial charge in [0.2, 0.25) is 0 Å². The molecule has 0 aliphatic heterocycles. The van der Waals surface area contributed by atoms with Crippen molar-refractivity contribution >= 4 is 54.1 Å². The Bertz CT molecular complexity index is 3800. The predicted octanol–water partition coefficient (Wildman–Crippen LogP) is 15.9. The molecule has 0 radical (unpaired) electrons. The number of hydrogen-bond donors (Lipinski definition) is 0. The Balaban J connectivity index is 1.02. The molecule has 2 aliphatic carbocycles. The van der Waals surface area contributed by atoms with Gasteiger partial charge in [-0.3, -0.25) is 0 Å². The van der Waals surface area contributed by atoms with Crippen molar-refractivity contribution in [3.63, 3.8) is 0 Å². The molecule has 12 aromatic rings. The molecule has 0 fully saturated rings. The third kappa shape index (κ3) is 4.42. The van der Waals surface area contributed by atoms with E-state index in [1.807, 2.05) is 0 Å². The molecule has 0 unspecified atom stereocenters. The van der Waals surface area contributed by atoms with E-state index in [-0.39, 0.29) is 0 Å². The van der Waals surface area contributed by atoms with Crippen molar-refractivity contribution in [3.05, 3.63) is 247 Å². The van der Waals surface area contributed by atoms with E-state index in [9.17, 15) is 0 Å². The van der Waals surface area contributed by atoms with Gasteiger partial charge in [-0.25, -0.2) is 0 Å². The molecule has 0 saturated heterocycles. The summed E-state index contributed by atoms with van der Waals surface area (Å²) in [5.41, 5.74) is 18.9. The fraction of sp³-hybridized carbons (Fsp3) is 0.0164. The highest BCUT2D eigenvalue weighted by atomic mass is 15.0. The van der Waals surface area contributed by atoms with Crippen molar-refractivity contribution in [1.82, 2.24) is 4.57 Å². The zero-order chi connectivity index (χ0) is 40.5. The second kappa shape index (κ2) is 12.5. The molecular weight excluding hydrogens is 747 g/mol. The lowest BCUT2D eigenvalue weighted by molar-refractivity contribution is 0.794. The van der Waals surface area contributed by atoms with Crippen LogP contribution in [-0.4, -0.2) is 4.57 Å². The van der Waals surface area contributed by atoms with Crippen molar-refractivity contribution in [2.75, 3.05) is 0 Å². The molecule has 14 rings (SSSR count). The predicted molar refractivity (Wildman–Crippen MR) is 260 cm³/mol. The van der Waals surface area contributed by atoms with E-state index in [4.69, 9.17) is 0 Å². The van der Waals surface area contributed by atoms with Crippen LogP contribution in [0.2, 0.25) is 0 Å². The van der Waals surface area contributed by atoms with Gasteiger partial charge in [0.1, 0.15) is 0 Å². The summed E-state index contributed by atoms with van der Waals surface area (Å²) >= 11 is 0. The van der Waals surface area contributed by atoms with Crippen LogP contribution in [0.3, 0.4) is 0 Å². The molecule has 2 aliphatic rings. The monoisotopic (exact) mass is 783 g/mol. The number of nitrogens with zero attached hydrogens (tertiary/aromatic N) is 1. The van der Waals surface area contributed by atoms with E-state index in [0.717, 1.165) is 5.69 Å². The number of benzene rings is 11. The fourth-order valence-electron chi connectivity index (χ4n) is 11.6. The Morgan fingerprint density at radius 2 is 0.790 bits per heavy atom. The zero-order valence-electron chi connectivity index (χ0n) is 33.8. The lowest BCUT2D eigenvalue weighted by Crippen LogP contribution is -2.25. The zero-order valence-corrected chi connectivity index (χ0v) is 33.8. The molecule has 1 spiro atoms. The van der Waals surface area contributed by atoms with Gasteiger partial charge in [0.15, 0.2) is 0 Å². The van der Waals surface area contributed by atoms with Crippen LogP contribution in [0.15, 0.2) is 224 Å². The van der Waals surface area contributed by atoms with Crippen molar-refractivity contribution in [3.8, 4) is 50.2 Å². The Morgan fingerprint density at radius 1 is 0.274 bits per heavy atom. The van der Waals surface area contributed by atoms with Crippen LogP contribution in [0.1, 0.15) is 22.3 Å². The molecule has 0 bridgehead atoms. The highest BCUT2D eigenvalue weighted by Crippen LogP contribution is 2.63. The van der Waals surface area contributed by atoms with Crippen molar-refractivity contribution in [1.29, 1.82) is 0 Å². The van der Waals surface area contributed by atoms with Gasteiger partial charge in [0.05, 0.1) is 16.4 Å². The quantitative estimate of drug-likeness (QED) is 0.157. The van der Waals surface area contributed by atoms with Gasteiger partial charge < -0.3 is 4.57 Å². The molecule has 1 nitrogen and oxygen atoms in total. The molecule has 62 heavy (non-hydrogen) atoms. The smallest absolute Gasteiger partial charge is 0.0726 e. The van der Waals surface area contributed by atoms with E-state index >= 15 is 0 Å². The summed E-state index contributed by atoms with van der Waals surface area (Å²) in [6.45, 7) is 0. The topological polar surface area (TPSA) is 4.93 Å². The van der Waals surface area contributed by atoms with Gasteiger partial charge in [-0.2, -0.15) is 0 Å². The lowest BCUT2D eigenvalue weighted by atomic mass is 9.70. The second-order valence-corrected chi connectivity index (χ2v) is 17.1. The Morgan fingerprint density at radius 3 is 1.50 bits per heavy atom. The Labute approximate surface area is 359 Å². The molecular formula is C61H37N. The van der Waals surface area contributed by atoms with Gasteiger partial charge in [-0.05, 0) is 142 Å². The highest BCUT2D eigenvalue weighted by molar-refractivity contribution is 6.19. The summed E-state index contributed by atoms with van der Waals surface area (Å²) in [6.07, 6.45) is 0. The molecule has 1 heteroatoms. The number of rotatable bonds is 3. The minimum atomic E-state index is -0.416. The maximum absolute atomic E-state index is 2.54. The minimum absolute atomic E-state index is 0.416. The van der Waals surface area contributed by atoms with Gasteiger partial charge in [0, 0.05) is 16.5 Å². The minimum Gasteiger partial charge on any atom is -0.309 e. The molecule has 286 valence electrons. The lowest BCUT2D eigenvalue weighted by Gasteiger charge is -2.30. The van der Waals surface area contributed by atoms with Gasteiger partial charge >= 0.3 is 0 Å². The van der Waals surface area contributed by atoms with Gasteiger partial charge in [0.25, 0.3) is 0 Å². The standard InChI is InChI=1S/C61H37N/c1-2-15-38(16-3-1)50-34-42-19-14-25-44(60(42)49-24-7-6-20-45(49)50)39-29-31-43(32-30-39)62-58-35-41-18-5-4-17-40(41)33-52(58)53-36-51-48-23-10-13-28-56(48)61(57(51)37-59(53)62)54-26-11-8-21-46(54)47-22-9-12-27-55(47)61/h1-37H. The van der Waals surface area contributed by atoms with Crippen LogP contribution in [0.25, 0.3) is 104 Å². The summed E-state index contributed by atoms with van der Waals surface area (Å²) in [7, 11) is 0. The van der Waals surface area contributed by atoms with Gasteiger partial charge in [-0.15, -0.1) is 0 Å². The summed E-state index contributed by atoms with van der Waals surface area (Å²) in [4.78, 5) is 0. The number of fused-ring (bicyclic) bond motifs is 17. The molecule has 1 aromatic heterocycles. The van der Waals surface area contributed by atoms with E-state index in [1.165, 1.54) is 121 Å². The normalized spacial score (nSPS) is 13.3. The van der Waals surface area contributed by atoms with Crippen molar-refractivity contribution in [2.45, 2.75) is 5.41 Å². The maximum Gasteiger partial charge on any atom is 0.0726 e. The first-order valence-corrected chi connectivity index (χ1v) is 21.7. The third-order valence-corrected chi connectivity index (χ3v) is 14.2. The molecule has 1 heterocycles. The first-order valence-electron chi connectivity index (χ1n) is 21.7. The molecule has 0 atom stereocenters. The van der Waals surface area contributed by atoms with Crippen molar-refractivity contribution in [2.24, 2.45) is 0 Å². The summed E-state index contributed by atoms with van der Waals surface area (Å²) in [6, 6.07) is 84.1. The summed E-state index contributed by atoms with van der Waals surface area (Å²) in [5.74, 6) is 0. The molecule has 0 N–H and O–H groups in total. The van der Waals surface area contributed by atoms with Gasteiger partial charge in [-0.1, -0.05) is 182 Å². The van der Waals surface area contributed by atoms with Crippen LogP contribution < -0.4 is 0 Å². The third-order valence-electron chi connectivity index (χ3n) is 14.2. The fourth-order valence-corrected chi connectivity index (χ4v) is 11.6. The largest absolute Gasteiger partial charge is 0.309 e. The summed E-state index contributed by atoms with van der Waals surface area (Å²) < 4.78 is 2.52. The van der Waals surface area contributed by atoms with Crippen LogP contribution in [-0.2, 0) is 5.41 Å². The Hall–Kier alpha value is -8.00. The van der Waals surface area contributed by atoms with E-state index in [0.29, 0.717) is 0 Å². The number of hydrogen-bond acceptors (Lipinski definition) is 0. The van der Waals surface area contributed by atoms with Crippen LogP contribution in [0.4, 0.5) is 0 Å². The number of aromatic nitrogens is 1. The van der Waals surface area contributed by atoms with Crippen molar-refractivity contribution < 1.29 is 0 Å². The second-order valence-electron chi connectivity index (χ2n) is 17.1. The average Bonchev–Trinajstić information content (AvgIpc) is 3.93. The molecule has 0 saturated carbocycles.